The second-order valence-electron chi connectivity index (χ2n) is 4.33. The first-order valence-electron chi connectivity index (χ1n) is 6.27. The van der Waals surface area contributed by atoms with E-state index in [9.17, 15) is 0 Å². The zero-order chi connectivity index (χ0) is 11.1. The van der Waals surface area contributed by atoms with Crippen LogP contribution in [0, 0.1) is 0 Å². The van der Waals surface area contributed by atoms with Crippen LogP contribution in [0.1, 0.15) is 64.0 Å². The highest BCUT2D eigenvalue weighted by Gasteiger charge is 2.11. The Labute approximate surface area is 93.7 Å². The molecule has 1 aromatic heterocycles. The highest BCUT2D eigenvalue weighted by atomic mass is 15.3. The number of unbranched alkanes of at least 4 members (excludes halogenated alkanes) is 3. The highest BCUT2D eigenvalue weighted by molar-refractivity contribution is 5.06. The minimum Gasteiger partial charge on any atom is -0.272 e. The average molecular weight is 208 g/mol. The largest absolute Gasteiger partial charge is 0.272 e. The maximum absolute atomic E-state index is 4.25. The van der Waals surface area contributed by atoms with Gasteiger partial charge in [0.1, 0.15) is 0 Å². The van der Waals surface area contributed by atoms with Crippen molar-refractivity contribution >= 4 is 0 Å². The summed E-state index contributed by atoms with van der Waals surface area (Å²) in [4.78, 5) is 0. The summed E-state index contributed by atoms with van der Waals surface area (Å²) in [5, 5.41) is 4.25. The lowest BCUT2D eigenvalue weighted by molar-refractivity contribution is 0.511. The van der Waals surface area contributed by atoms with E-state index in [-0.39, 0.29) is 0 Å². The fourth-order valence-corrected chi connectivity index (χ4v) is 2.16. The lowest BCUT2D eigenvalue weighted by Crippen LogP contribution is -2.05. The molecule has 86 valence electrons. The minimum absolute atomic E-state index is 0.703. The van der Waals surface area contributed by atoms with Crippen LogP contribution in [0.5, 0.6) is 0 Å². The molecule has 1 aromatic rings. The zero-order valence-corrected chi connectivity index (χ0v) is 10.4. The van der Waals surface area contributed by atoms with Gasteiger partial charge in [0.25, 0.3) is 0 Å². The maximum atomic E-state index is 4.25. The predicted octanol–water partition coefficient (Wildman–Crippen LogP) is 3.88. The molecule has 0 amide bonds. The number of hydrogen-bond donors (Lipinski definition) is 0. The Kier molecular flexibility index (Phi) is 5.44. The summed E-state index contributed by atoms with van der Waals surface area (Å²) in [5.41, 5.74) is 1.40. The molecule has 0 fully saturated rings. The molecule has 0 aliphatic rings. The number of nitrogens with zero attached hydrogens (tertiary/aromatic N) is 2. The Balaban J connectivity index is 2.39. The Morgan fingerprint density at radius 1 is 1.27 bits per heavy atom. The molecular formula is C13H24N2. The summed E-state index contributed by atoms with van der Waals surface area (Å²) in [6.45, 7) is 4.54. The molecule has 1 rings (SSSR count). The molecule has 2 heteroatoms. The molecular weight excluding hydrogens is 184 g/mol. The highest BCUT2D eigenvalue weighted by Crippen LogP contribution is 2.25. The zero-order valence-electron chi connectivity index (χ0n) is 10.4. The summed E-state index contributed by atoms with van der Waals surface area (Å²) in [7, 11) is 2.05. The molecule has 0 bridgehead atoms. The first-order valence-corrected chi connectivity index (χ1v) is 6.27. The normalized spacial score (nSPS) is 13.0. The summed E-state index contributed by atoms with van der Waals surface area (Å²) in [6.07, 6.45) is 9.89. The number of hydrogen-bond acceptors (Lipinski definition) is 1. The van der Waals surface area contributed by atoms with Gasteiger partial charge in [-0.25, -0.2) is 0 Å². The van der Waals surface area contributed by atoms with Gasteiger partial charge in [-0.1, -0.05) is 39.5 Å². The molecule has 2 nitrogen and oxygen atoms in total. The van der Waals surface area contributed by atoms with E-state index in [0.717, 1.165) is 0 Å². The van der Waals surface area contributed by atoms with Gasteiger partial charge in [-0.05, 0) is 18.9 Å². The molecule has 0 radical (unpaired) electrons. The van der Waals surface area contributed by atoms with Crippen molar-refractivity contribution in [3.63, 3.8) is 0 Å². The Bertz CT molecular complexity index is 265. The number of aryl methyl sites for hydroxylation is 1. The average Bonchev–Trinajstić information content (AvgIpc) is 2.65. The van der Waals surface area contributed by atoms with E-state index in [1.807, 2.05) is 17.9 Å². The molecule has 0 aromatic carbocycles. The minimum atomic E-state index is 0.703. The van der Waals surface area contributed by atoms with Gasteiger partial charge in [0, 0.05) is 24.9 Å². The van der Waals surface area contributed by atoms with Crippen molar-refractivity contribution in [2.75, 3.05) is 0 Å². The second-order valence-corrected chi connectivity index (χ2v) is 4.33. The van der Waals surface area contributed by atoms with Gasteiger partial charge in [0.2, 0.25) is 0 Å². The van der Waals surface area contributed by atoms with Gasteiger partial charge in [-0.15, -0.1) is 0 Å². The quantitative estimate of drug-likeness (QED) is 0.622. The molecule has 0 saturated carbocycles. The Hall–Kier alpha value is -0.790. The van der Waals surface area contributed by atoms with Crippen molar-refractivity contribution < 1.29 is 0 Å². The molecule has 0 spiro atoms. The van der Waals surface area contributed by atoms with Crippen LogP contribution in [0.4, 0.5) is 0 Å². The van der Waals surface area contributed by atoms with Crippen LogP contribution in [0.15, 0.2) is 12.3 Å². The van der Waals surface area contributed by atoms with E-state index >= 15 is 0 Å². The van der Waals surface area contributed by atoms with Crippen LogP contribution >= 0.6 is 0 Å². The third-order valence-electron chi connectivity index (χ3n) is 3.18. The van der Waals surface area contributed by atoms with Crippen LogP contribution < -0.4 is 0 Å². The van der Waals surface area contributed by atoms with Gasteiger partial charge < -0.3 is 0 Å². The van der Waals surface area contributed by atoms with E-state index in [4.69, 9.17) is 0 Å². The molecule has 0 aliphatic carbocycles. The molecule has 0 N–H and O–H groups in total. The smallest absolute Gasteiger partial charge is 0.0492 e. The van der Waals surface area contributed by atoms with Crippen LogP contribution in [0.25, 0.3) is 0 Å². The first-order chi connectivity index (χ1) is 7.29. The SMILES string of the molecule is CCCCCCC(CC)c1ccnn1C. The third kappa shape index (κ3) is 3.69. The molecule has 1 atom stereocenters. The molecule has 1 heterocycles. The lowest BCUT2D eigenvalue weighted by Gasteiger charge is -2.14. The van der Waals surface area contributed by atoms with Crippen molar-refractivity contribution in [3.8, 4) is 0 Å². The number of aromatic nitrogens is 2. The molecule has 1 unspecified atom stereocenters. The predicted molar refractivity (Wildman–Crippen MR) is 65.0 cm³/mol. The van der Waals surface area contributed by atoms with Crippen LogP contribution in [-0.2, 0) is 7.05 Å². The summed E-state index contributed by atoms with van der Waals surface area (Å²) in [6, 6.07) is 2.16. The van der Waals surface area contributed by atoms with Gasteiger partial charge in [0.05, 0.1) is 0 Å². The van der Waals surface area contributed by atoms with Gasteiger partial charge in [-0.3, -0.25) is 4.68 Å². The molecule has 0 aliphatic heterocycles. The third-order valence-corrected chi connectivity index (χ3v) is 3.18. The lowest BCUT2D eigenvalue weighted by atomic mass is 9.95. The van der Waals surface area contributed by atoms with E-state index in [2.05, 4.69) is 25.0 Å². The van der Waals surface area contributed by atoms with E-state index in [0.29, 0.717) is 5.92 Å². The maximum Gasteiger partial charge on any atom is 0.0492 e. The van der Waals surface area contributed by atoms with E-state index in [1.54, 1.807) is 0 Å². The van der Waals surface area contributed by atoms with Gasteiger partial charge in [-0.2, -0.15) is 5.10 Å². The Morgan fingerprint density at radius 3 is 2.60 bits per heavy atom. The first kappa shape index (κ1) is 12.3. The second kappa shape index (κ2) is 6.65. The fraction of sp³-hybridized carbons (Fsp3) is 0.769. The summed E-state index contributed by atoms with van der Waals surface area (Å²) >= 11 is 0. The summed E-state index contributed by atoms with van der Waals surface area (Å²) < 4.78 is 2.02. The van der Waals surface area contributed by atoms with Crippen molar-refractivity contribution in [2.45, 2.75) is 58.3 Å². The van der Waals surface area contributed by atoms with Crippen molar-refractivity contribution in [1.82, 2.24) is 9.78 Å². The fourth-order valence-electron chi connectivity index (χ4n) is 2.16. The monoisotopic (exact) mass is 208 g/mol. The van der Waals surface area contributed by atoms with Crippen molar-refractivity contribution in [1.29, 1.82) is 0 Å². The van der Waals surface area contributed by atoms with Crippen molar-refractivity contribution in [2.24, 2.45) is 7.05 Å². The number of rotatable bonds is 7. The van der Waals surface area contributed by atoms with Gasteiger partial charge >= 0.3 is 0 Å². The van der Waals surface area contributed by atoms with Crippen LogP contribution in [-0.4, -0.2) is 9.78 Å². The molecule has 15 heavy (non-hydrogen) atoms. The van der Waals surface area contributed by atoms with E-state index in [1.165, 1.54) is 44.2 Å². The van der Waals surface area contributed by atoms with Crippen LogP contribution in [0.3, 0.4) is 0 Å². The summed E-state index contributed by atoms with van der Waals surface area (Å²) in [5.74, 6) is 0.703. The van der Waals surface area contributed by atoms with E-state index < -0.39 is 0 Å². The van der Waals surface area contributed by atoms with Gasteiger partial charge in [0.15, 0.2) is 0 Å². The topological polar surface area (TPSA) is 17.8 Å². The Morgan fingerprint density at radius 2 is 2.07 bits per heavy atom. The molecule has 0 saturated heterocycles. The van der Waals surface area contributed by atoms with Crippen LogP contribution in [0.2, 0.25) is 0 Å². The van der Waals surface area contributed by atoms with Crippen molar-refractivity contribution in [3.05, 3.63) is 18.0 Å². The standard InChI is InChI=1S/C13H24N2/c1-4-6-7-8-9-12(5-2)13-10-11-14-15(13)3/h10-12H,4-9H2,1-3H3.